The summed E-state index contributed by atoms with van der Waals surface area (Å²) in [6, 6.07) is 6.06. The van der Waals surface area contributed by atoms with Gasteiger partial charge in [-0.1, -0.05) is 12.1 Å². The molecule has 33 heavy (non-hydrogen) atoms. The smallest absolute Gasteiger partial charge is 0.375 e. The number of nitrogens with zero attached hydrogens (tertiary/aromatic N) is 2. The van der Waals surface area contributed by atoms with Gasteiger partial charge in [0.25, 0.3) is 5.56 Å². The van der Waals surface area contributed by atoms with Gasteiger partial charge < -0.3 is 23.3 Å². The third kappa shape index (κ3) is 5.25. The number of rotatable bonds is 9. The Morgan fingerprint density at radius 1 is 1.21 bits per heavy atom. The molecule has 1 unspecified atom stereocenters. The number of benzene rings is 1. The number of methoxy groups -OCH3 is 1. The number of aromatic nitrogens is 2. The molecule has 0 saturated carbocycles. The van der Waals surface area contributed by atoms with Crippen molar-refractivity contribution >= 4 is 13.6 Å². The number of carbonyl (C=O) groups is 1. The van der Waals surface area contributed by atoms with Gasteiger partial charge in [-0.05, 0) is 25.0 Å². The zero-order chi connectivity index (χ0) is 24.2. The molecule has 2 heterocycles. The largest absolute Gasteiger partial charge is 0.497 e. The summed E-state index contributed by atoms with van der Waals surface area (Å²) >= 11 is 0. The van der Waals surface area contributed by atoms with Gasteiger partial charge in [-0.25, -0.2) is 9.36 Å². The van der Waals surface area contributed by atoms with Gasteiger partial charge in [0.1, 0.15) is 18.5 Å². The highest BCUT2D eigenvalue weighted by Crippen LogP contribution is 2.60. The van der Waals surface area contributed by atoms with Crippen molar-refractivity contribution in [1.82, 2.24) is 9.13 Å². The fourth-order valence-corrected chi connectivity index (χ4v) is 4.67. The molecule has 1 fully saturated rings. The molecule has 3 rings (SSSR count). The van der Waals surface area contributed by atoms with Gasteiger partial charge in [-0.15, -0.1) is 0 Å². The van der Waals surface area contributed by atoms with Crippen molar-refractivity contribution in [2.75, 3.05) is 27.9 Å². The summed E-state index contributed by atoms with van der Waals surface area (Å²) in [4.78, 5) is 37.7. The van der Waals surface area contributed by atoms with E-state index in [9.17, 15) is 23.3 Å². The highest BCUT2D eigenvalue weighted by atomic mass is 31.2. The molecular formula is C20H24FN2O9P. The van der Waals surface area contributed by atoms with E-state index in [4.69, 9.17) is 23.3 Å². The number of hydrogen-bond acceptors (Lipinski definition) is 9. The Morgan fingerprint density at radius 3 is 2.42 bits per heavy atom. The molecule has 0 spiro atoms. The molecule has 0 amide bonds. The molecule has 1 aromatic heterocycles. The van der Waals surface area contributed by atoms with E-state index in [2.05, 4.69) is 0 Å². The maximum atomic E-state index is 14.2. The van der Waals surface area contributed by atoms with Gasteiger partial charge >= 0.3 is 19.3 Å². The van der Waals surface area contributed by atoms with Crippen LogP contribution in [0.3, 0.4) is 0 Å². The number of hydrogen-bond donors (Lipinski definition) is 0. The van der Waals surface area contributed by atoms with E-state index in [1.54, 1.807) is 12.1 Å². The molecule has 1 aliphatic heterocycles. The maximum Gasteiger partial charge on any atom is 0.375 e. The lowest BCUT2D eigenvalue weighted by Crippen LogP contribution is -2.44. The van der Waals surface area contributed by atoms with Crippen LogP contribution >= 0.6 is 7.60 Å². The summed E-state index contributed by atoms with van der Waals surface area (Å²) in [5.41, 5.74) is -1.98. The number of halogens is 1. The van der Waals surface area contributed by atoms with Crippen molar-refractivity contribution < 1.29 is 37.0 Å². The second-order valence-corrected chi connectivity index (χ2v) is 9.33. The second kappa shape index (κ2) is 10.4. The van der Waals surface area contributed by atoms with Crippen LogP contribution in [0.25, 0.3) is 0 Å². The van der Waals surface area contributed by atoms with E-state index >= 15 is 0 Å². The third-order valence-electron chi connectivity index (χ3n) is 5.10. The van der Waals surface area contributed by atoms with Crippen LogP contribution in [-0.2, 0) is 34.4 Å². The lowest BCUT2D eigenvalue weighted by molar-refractivity contribution is -0.147. The van der Waals surface area contributed by atoms with Gasteiger partial charge in [0.15, 0.2) is 0 Å². The van der Waals surface area contributed by atoms with Crippen LogP contribution in [0.2, 0.25) is 0 Å². The first-order chi connectivity index (χ1) is 15.7. The van der Waals surface area contributed by atoms with Gasteiger partial charge in [-0.2, -0.15) is 4.39 Å². The lowest BCUT2D eigenvalue weighted by atomic mass is 10.2. The van der Waals surface area contributed by atoms with E-state index in [0.717, 1.165) is 25.0 Å². The molecule has 0 aliphatic carbocycles. The van der Waals surface area contributed by atoms with Crippen molar-refractivity contribution in [2.45, 2.75) is 31.5 Å². The SMILES string of the molecule is COc1ccc(C(OC(=O)Cn2c(=O)c(F)cn([C@H]3CCCO3)c2=O)P(=O)(OC)OC)cc1. The minimum atomic E-state index is -4.00. The highest BCUT2D eigenvalue weighted by Gasteiger charge is 2.39. The Hall–Kier alpha value is -2.79. The normalized spacial score (nSPS) is 17.0. The summed E-state index contributed by atoms with van der Waals surface area (Å²) in [5.74, 6) is -3.39. The van der Waals surface area contributed by atoms with E-state index in [-0.39, 0.29) is 5.56 Å². The standard InChI is InChI=1S/C20H24FN2O9P/c1-28-14-8-6-13(7-9-14)19(33(27,29-2)30-3)32-17(24)12-23-18(25)15(21)11-22(20(23)26)16-5-4-10-31-16/h6-9,11,16,19H,4-5,10,12H2,1-3H3/t16-,19?/m1/s1. The fraction of sp³-hybridized carbons (Fsp3) is 0.450. The van der Waals surface area contributed by atoms with Crippen LogP contribution in [0.5, 0.6) is 5.75 Å². The topological polar surface area (TPSA) is 124 Å². The van der Waals surface area contributed by atoms with Crippen molar-refractivity contribution in [1.29, 1.82) is 0 Å². The first kappa shape index (κ1) is 24.8. The highest BCUT2D eigenvalue weighted by molar-refractivity contribution is 7.54. The van der Waals surface area contributed by atoms with Crippen LogP contribution in [0.1, 0.15) is 30.5 Å². The molecule has 2 aromatic rings. The van der Waals surface area contributed by atoms with Gasteiger partial charge in [0.2, 0.25) is 11.7 Å². The molecule has 180 valence electrons. The Labute approximate surface area is 188 Å². The Kier molecular flexibility index (Phi) is 7.85. The van der Waals surface area contributed by atoms with E-state index in [0.29, 0.717) is 29.8 Å². The predicted octanol–water partition coefficient (Wildman–Crippen LogP) is 2.19. The summed E-state index contributed by atoms with van der Waals surface area (Å²) < 4.78 is 54.3. The summed E-state index contributed by atoms with van der Waals surface area (Å²) in [6.07, 6.45) is 1.12. The maximum absolute atomic E-state index is 14.2. The van der Waals surface area contributed by atoms with Crippen molar-refractivity contribution in [2.24, 2.45) is 0 Å². The van der Waals surface area contributed by atoms with Crippen LogP contribution < -0.4 is 16.0 Å². The van der Waals surface area contributed by atoms with Crippen molar-refractivity contribution in [3.63, 3.8) is 0 Å². The van der Waals surface area contributed by atoms with Gasteiger partial charge in [0.05, 0.1) is 13.3 Å². The van der Waals surface area contributed by atoms with E-state index in [1.807, 2.05) is 0 Å². The molecule has 1 saturated heterocycles. The van der Waals surface area contributed by atoms with Crippen LogP contribution in [0, 0.1) is 5.82 Å². The first-order valence-electron chi connectivity index (χ1n) is 9.91. The molecule has 0 bridgehead atoms. The predicted molar refractivity (Wildman–Crippen MR) is 113 cm³/mol. The van der Waals surface area contributed by atoms with Crippen LogP contribution in [-0.4, -0.2) is 43.0 Å². The van der Waals surface area contributed by atoms with Gasteiger partial charge in [0, 0.05) is 26.4 Å². The molecule has 2 atom stereocenters. The third-order valence-corrected chi connectivity index (χ3v) is 7.09. The number of esters is 1. The minimum absolute atomic E-state index is 0.250. The second-order valence-electron chi connectivity index (χ2n) is 7.05. The molecule has 11 nitrogen and oxygen atoms in total. The number of ether oxygens (including phenoxy) is 3. The van der Waals surface area contributed by atoms with E-state index in [1.165, 1.54) is 19.2 Å². The zero-order valence-electron chi connectivity index (χ0n) is 18.3. The Morgan fingerprint density at radius 2 is 1.88 bits per heavy atom. The fourth-order valence-electron chi connectivity index (χ4n) is 3.35. The molecule has 1 aromatic carbocycles. The average Bonchev–Trinajstić information content (AvgIpc) is 3.37. The Balaban J connectivity index is 1.92. The molecular weight excluding hydrogens is 462 g/mol. The summed E-state index contributed by atoms with van der Waals surface area (Å²) in [6.45, 7) is -0.547. The molecule has 0 radical (unpaired) electrons. The number of carbonyl (C=O) groups excluding carboxylic acids is 1. The average molecular weight is 486 g/mol. The monoisotopic (exact) mass is 486 g/mol. The first-order valence-corrected chi connectivity index (χ1v) is 11.5. The summed E-state index contributed by atoms with van der Waals surface area (Å²) in [7, 11) is -0.310. The molecule has 13 heteroatoms. The Bertz CT molecular complexity index is 1150. The van der Waals surface area contributed by atoms with Crippen LogP contribution in [0.15, 0.2) is 40.1 Å². The van der Waals surface area contributed by atoms with Crippen LogP contribution in [0.4, 0.5) is 4.39 Å². The quantitative estimate of drug-likeness (QED) is 0.387. The molecule has 1 aliphatic rings. The van der Waals surface area contributed by atoms with Crippen molar-refractivity contribution in [3.05, 3.63) is 62.7 Å². The summed E-state index contributed by atoms with van der Waals surface area (Å²) in [5, 5.41) is 0. The zero-order valence-corrected chi connectivity index (χ0v) is 19.2. The lowest BCUT2D eigenvalue weighted by Gasteiger charge is -2.25. The minimum Gasteiger partial charge on any atom is -0.497 e. The van der Waals surface area contributed by atoms with E-state index < -0.39 is 49.2 Å². The molecule has 0 N–H and O–H groups in total. The van der Waals surface area contributed by atoms with Gasteiger partial charge in [-0.3, -0.25) is 18.7 Å². The van der Waals surface area contributed by atoms with Crippen molar-refractivity contribution in [3.8, 4) is 5.75 Å².